The van der Waals surface area contributed by atoms with Gasteiger partial charge in [-0.2, -0.15) is 0 Å². The van der Waals surface area contributed by atoms with E-state index in [0.29, 0.717) is 5.69 Å². The summed E-state index contributed by atoms with van der Waals surface area (Å²) in [5.74, 6) is -0.471. The van der Waals surface area contributed by atoms with Gasteiger partial charge in [0, 0.05) is 11.9 Å². The van der Waals surface area contributed by atoms with Gasteiger partial charge in [-0.15, -0.1) is 0 Å². The maximum absolute atomic E-state index is 10.9. The molecule has 1 rings (SSSR count). The van der Waals surface area contributed by atoms with Crippen LogP contribution >= 0.6 is 0 Å². The van der Waals surface area contributed by atoms with Crippen LogP contribution in [-0.2, 0) is 4.74 Å². The second-order valence-electron chi connectivity index (χ2n) is 2.42. The molecule has 0 spiro atoms. The van der Waals surface area contributed by atoms with Crippen LogP contribution in [0.4, 0.5) is 5.69 Å². The number of pyridine rings is 1. The molecule has 0 aliphatic carbocycles. The third kappa shape index (κ3) is 1.53. The van der Waals surface area contributed by atoms with Crippen molar-refractivity contribution < 1.29 is 9.53 Å². The van der Waals surface area contributed by atoms with E-state index in [1.54, 1.807) is 6.20 Å². The molecule has 0 saturated heterocycles. The van der Waals surface area contributed by atoms with Gasteiger partial charge in [0.15, 0.2) is 0 Å². The minimum atomic E-state index is -0.471. The Morgan fingerprint density at radius 1 is 1.67 bits per heavy atom. The lowest BCUT2D eigenvalue weighted by molar-refractivity contribution is 0.0594. The van der Waals surface area contributed by atoms with Crippen LogP contribution in [0.3, 0.4) is 0 Å². The first-order chi connectivity index (χ1) is 5.65. The first-order valence-electron chi connectivity index (χ1n) is 3.45. The number of hydrogen-bond donors (Lipinski definition) is 1. The highest BCUT2D eigenvalue weighted by Crippen LogP contribution is 2.10. The Hall–Kier alpha value is -1.58. The van der Waals surface area contributed by atoms with Crippen LogP contribution in [-0.4, -0.2) is 18.1 Å². The van der Waals surface area contributed by atoms with Gasteiger partial charge in [0.1, 0.15) is 5.69 Å². The second-order valence-corrected chi connectivity index (χ2v) is 2.42. The Balaban J connectivity index is 3.05. The molecule has 12 heavy (non-hydrogen) atoms. The zero-order valence-corrected chi connectivity index (χ0v) is 7.00. The summed E-state index contributed by atoms with van der Waals surface area (Å²) < 4.78 is 4.47. The van der Waals surface area contributed by atoms with Crippen LogP contribution in [0.15, 0.2) is 12.3 Å². The van der Waals surface area contributed by atoms with Crippen molar-refractivity contribution in [3.05, 3.63) is 23.5 Å². The van der Waals surface area contributed by atoms with Crippen LogP contribution in [0.5, 0.6) is 0 Å². The molecule has 0 atom stereocenters. The van der Waals surface area contributed by atoms with E-state index in [9.17, 15) is 4.79 Å². The van der Waals surface area contributed by atoms with Crippen molar-refractivity contribution in [2.45, 2.75) is 6.92 Å². The van der Waals surface area contributed by atoms with Crippen molar-refractivity contribution in [2.75, 3.05) is 12.8 Å². The number of rotatable bonds is 1. The van der Waals surface area contributed by atoms with Gasteiger partial charge < -0.3 is 10.5 Å². The molecule has 0 aliphatic heterocycles. The number of methoxy groups -OCH3 is 1. The molecule has 0 bridgehead atoms. The largest absolute Gasteiger partial charge is 0.464 e. The summed E-state index contributed by atoms with van der Waals surface area (Å²) in [5, 5.41) is 0. The number of carbonyl (C=O) groups excluding carboxylic acids is 1. The maximum Gasteiger partial charge on any atom is 0.356 e. The number of esters is 1. The summed E-state index contributed by atoms with van der Waals surface area (Å²) in [6, 6.07) is 1.50. The van der Waals surface area contributed by atoms with Crippen LogP contribution in [0.1, 0.15) is 16.1 Å². The number of anilines is 1. The number of nitrogens with zero attached hydrogens (tertiary/aromatic N) is 1. The minimum absolute atomic E-state index is 0.237. The summed E-state index contributed by atoms with van der Waals surface area (Å²) in [6.45, 7) is 1.82. The molecule has 0 aliphatic rings. The fraction of sp³-hybridized carbons (Fsp3) is 0.250. The topological polar surface area (TPSA) is 65.2 Å². The third-order valence-corrected chi connectivity index (χ3v) is 1.54. The van der Waals surface area contributed by atoms with Crippen LogP contribution < -0.4 is 5.73 Å². The van der Waals surface area contributed by atoms with E-state index in [1.807, 2.05) is 6.92 Å². The van der Waals surface area contributed by atoms with E-state index in [1.165, 1.54) is 13.2 Å². The average molecular weight is 166 g/mol. The van der Waals surface area contributed by atoms with Gasteiger partial charge in [0.2, 0.25) is 0 Å². The molecule has 64 valence electrons. The minimum Gasteiger partial charge on any atom is -0.464 e. The summed E-state index contributed by atoms with van der Waals surface area (Å²) in [6.07, 6.45) is 1.54. The molecule has 0 amide bonds. The normalized spacial score (nSPS) is 9.50. The SMILES string of the molecule is COC(=O)c1cc(N)c(C)cn1. The van der Waals surface area contributed by atoms with Crippen LogP contribution in [0.25, 0.3) is 0 Å². The molecular formula is C8H10N2O2. The molecule has 4 nitrogen and oxygen atoms in total. The number of aromatic nitrogens is 1. The summed E-state index contributed by atoms with van der Waals surface area (Å²) in [4.78, 5) is 14.8. The Morgan fingerprint density at radius 2 is 2.33 bits per heavy atom. The molecule has 0 radical (unpaired) electrons. The van der Waals surface area contributed by atoms with Crippen LogP contribution in [0, 0.1) is 6.92 Å². The highest BCUT2D eigenvalue weighted by Gasteiger charge is 2.07. The molecule has 4 heteroatoms. The lowest BCUT2D eigenvalue weighted by Crippen LogP contribution is -2.05. The van der Waals surface area contributed by atoms with Crippen LogP contribution in [0.2, 0.25) is 0 Å². The van der Waals surface area contributed by atoms with Gasteiger partial charge in [-0.25, -0.2) is 9.78 Å². The van der Waals surface area contributed by atoms with Gasteiger partial charge in [-0.1, -0.05) is 0 Å². The molecule has 0 aromatic carbocycles. The van der Waals surface area contributed by atoms with Gasteiger partial charge in [0.25, 0.3) is 0 Å². The Labute approximate surface area is 70.4 Å². The summed E-state index contributed by atoms with van der Waals surface area (Å²) in [5.41, 5.74) is 7.20. The van der Waals surface area contributed by atoms with Crippen molar-refractivity contribution in [1.29, 1.82) is 0 Å². The number of nitrogens with two attached hydrogens (primary N) is 1. The van der Waals surface area contributed by atoms with Gasteiger partial charge >= 0.3 is 5.97 Å². The van der Waals surface area contributed by atoms with Gasteiger partial charge in [-0.3, -0.25) is 0 Å². The Kier molecular flexibility index (Phi) is 2.28. The average Bonchev–Trinajstić information content (AvgIpc) is 2.08. The molecule has 1 heterocycles. The van der Waals surface area contributed by atoms with E-state index in [0.717, 1.165) is 5.56 Å². The number of nitrogen functional groups attached to an aromatic ring is 1. The molecule has 2 N–H and O–H groups in total. The fourth-order valence-electron chi connectivity index (χ4n) is 0.755. The Morgan fingerprint density at radius 3 is 2.83 bits per heavy atom. The molecule has 0 saturated carbocycles. The molecular weight excluding hydrogens is 156 g/mol. The number of hydrogen-bond acceptors (Lipinski definition) is 4. The highest BCUT2D eigenvalue weighted by molar-refractivity contribution is 5.88. The van der Waals surface area contributed by atoms with E-state index in [2.05, 4.69) is 9.72 Å². The van der Waals surface area contributed by atoms with Crippen molar-refractivity contribution in [2.24, 2.45) is 0 Å². The standard InChI is InChI=1S/C8H10N2O2/c1-5-4-10-7(3-6(5)9)8(11)12-2/h3-4H,1-2H3,(H2,9,10). The zero-order chi connectivity index (χ0) is 9.14. The Bertz CT molecular complexity index is 310. The summed E-state index contributed by atoms with van der Waals surface area (Å²) in [7, 11) is 1.31. The van der Waals surface area contributed by atoms with E-state index < -0.39 is 5.97 Å². The molecule has 0 unspecified atom stereocenters. The van der Waals surface area contributed by atoms with Gasteiger partial charge in [0.05, 0.1) is 7.11 Å². The first-order valence-corrected chi connectivity index (χ1v) is 3.45. The lowest BCUT2D eigenvalue weighted by atomic mass is 10.2. The number of carbonyl (C=O) groups is 1. The smallest absolute Gasteiger partial charge is 0.356 e. The van der Waals surface area contributed by atoms with E-state index in [4.69, 9.17) is 5.73 Å². The predicted molar refractivity (Wildman–Crippen MR) is 44.7 cm³/mol. The monoisotopic (exact) mass is 166 g/mol. The number of ether oxygens (including phenoxy) is 1. The number of aryl methyl sites for hydroxylation is 1. The predicted octanol–water partition coefficient (Wildman–Crippen LogP) is 0.759. The maximum atomic E-state index is 10.9. The molecule has 0 fully saturated rings. The summed E-state index contributed by atoms with van der Waals surface area (Å²) >= 11 is 0. The first kappa shape index (κ1) is 8.52. The fourth-order valence-corrected chi connectivity index (χ4v) is 0.755. The van der Waals surface area contributed by atoms with E-state index >= 15 is 0 Å². The second kappa shape index (κ2) is 3.21. The van der Waals surface area contributed by atoms with E-state index in [-0.39, 0.29) is 5.69 Å². The van der Waals surface area contributed by atoms with Crippen molar-refractivity contribution in [1.82, 2.24) is 4.98 Å². The molecule has 1 aromatic rings. The zero-order valence-electron chi connectivity index (χ0n) is 7.00. The molecule has 1 aromatic heterocycles. The lowest BCUT2D eigenvalue weighted by Gasteiger charge is -2.01. The third-order valence-electron chi connectivity index (χ3n) is 1.54. The van der Waals surface area contributed by atoms with Crippen molar-refractivity contribution >= 4 is 11.7 Å². The highest BCUT2D eigenvalue weighted by atomic mass is 16.5. The van der Waals surface area contributed by atoms with Crippen molar-refractivity contribution in [3.63, 3.8) is 0 Å². The van der Waals surface area contributed by atoms with Crippen molar-refractivity contribution in [3.8, 4) is 0 Å². The van der Waals surface area contributed by atoms with Gasteiger partial charge in [-0.05, 0) is 18.6 Å². The quantitative estimate of drug-likeness (QED) is 0.625.